The highest BCUT2D eigenvalue weighted by molar-refractivity contribution is 6.05. The Kier molecular flexibility index (Phi) is 8.60. The molecule has 0 saturated heterocycles. The molecule has 34 heavy (non-hydrogen) atoms. The standard InChI is InChI=1S/C24H31N5O5/c1-14(30)19(29-23(32)34-24(2,3)4)12-15-9-10-18(13-20(15)33-5)27-21(31)16-7-6-8-17(11-16)28-22(25)26/h6-11,13,19H,12H2,1-5H3,(H,27,31)(H,29,32)(H4,25,26,28). The molecular weight excluding hydrogens is 438 g/mol. The first-order valence-corrected chi connectivity index (χ1v) is 10.6. The number of carbonyl (C=O) groups excluding carboxylic acids is 3. The van der Waals surface area contributed by atoms with Gasteiger partial charge in [0.2, 0.25) is 0 Å². The Morgan fingerprint density at radius 3 is 2.38 bits per heavy atom. The van der Waals surface area contributed by atoms with E-state index in [1.807, 2.05) is 0 Å². The molecule has 10 heteroatoms. The first-order chi connectivity index (χ1) is 15.9. The van der Waals surface area contributed by atoms with Gasteiger partial charge in [0.1, 0.15) is 11.4 Å². The maximum absolute atomic E-state index is 12.7. The van der Waals surface area contributed by atoms with Crippen LogP contribution >= 0.6 is 0 Å². The number of benzene rings is 2. The maximum atomic E-state index is 12.7. The average molecular weight is 470 g/mol. The van der Waals surface area contributed by atoms with Gasteiger partial charge in [-0.2, -0.15) is 0 Å². The summed E-state index contributed by atoms with van der Waals surface area (Å²) >= 11 is 0. The molecule has 2 aromatic carbocycles. The molecule has 0 aromatic heterocycles. The summed E-state index contributed by atoms with van der Waals surface area (Å²) in [5.41, 5.74) is 12.1. The van der Waals surface area contributed by atoms with Crippen molar-refractivity contribution in [3.05, 3.63) is 53.6 Å². The van der Waals surface area contributed by atoms with Crippen LogP contribution in [0.1, 0.15) is 43.6 Å². The minimum absolute atomic E-state index is 0.108. The molecule has 0 spiro atoms. The van der Waals surface area contributed by atoms with Crippen LogP contribution in [0.4, 0.5) is 16.2 Å². The molecule has 1 unspecified atom stereocenters. The van der Waals surface area contributed by atoms with Crippen molar-refractivity contribution >= 4 is 35.1 Å². The highest BCUT2D eigenvalue weighted by Crippen LogP contribution is 2.25. The van der Waals surface area contributed by atoms with Crippen LogP contribution in [0.25, 0.3) is 0 Å². The fraction of sp³-hybridized carbons (Fsp3) is 0.333. The lowest BCUT2D eigenvalue weighted by molar-refractivity contribution is -0.119. The monoisotopic (exact) mass is 469 g/mol. The first-order valence-electron chi connectivity index (χ1n) is 10.6. The van der Waals surface area contributed by atoms with Crippen LogP contribution in [-0.4, -0.2) is 42.5 Å². The Hall–Kier alpha value is -4.08. The molecule has 2 amide bonds. The zero-order valence-corrected chi connectivity index (χ0v) is 20.0. The molecule has 6 N–H and O–H groups in total. The molecule has 2 aromatic rings. The number of alkyl carbamates (subject to hydrolysis) is 1. The van der Waals surface area contributed by atoms with E-state index in [1.54, 1.807) is 63.2 Å². The van der Waals surface area contributed by atoms with Gasteiger partial charge >= 0.3 is 6.09 Å². The molecule has 0 radical (unpaired) electrons. The number of hydrogen-bond acceptors (Lipinski definition) is 6. The second kappa shape index (κ2) is 11.2. The normalized spacial score (nSPS) is 11.7. The van der Waals surface area contributed by atoms with E-state index in [1.165, 1.54) is 14.0 Å². The van der Waals surface area contributed by atoms with Gasteiger partial charge in [0.05, 0.1) is 18.8 Å². The minimum Gasteiger partial charge on any atom is -0.496 e. The molecule has 0 fully saturated rings. The number of ketones is 1. The van der Waals surface area contributed by atoms with Crippen LogP contribution in [0, 0.1) is 0 Å². The highest BCUT2D eigenvalue weighted by Gasteiger charge is 2.23. The third-order valence-electron chi connectivity index (χ3n) is 4.52. The average Bonchev–Trinajstić information content (AvgIpc) is 2.72. The molecule has 182 valence electrons. The minimum atomic E-state index is -0.803. The van der Waals surface area contributed by atoms with Gasteiger partial charge in [-0.25, -0.2) is 9.79 Å². The largest absolute Gasteiger partial charge is 0.496 e. The highest BCUT2D eigenvalue weighted by atomic mass is 16.6. The van der Waals surface area contributed by atoms with Crippen molar-refractivity contribution in [2.75, 3.05) is 12.4 Å². The van der Waals surface area contributed by atoms with Gasteiger partial charge in [-0.15, -0.1) is 0 Å². The molecular formula is C24H31N5O5. The van der Waals surface area contributed by atoms with E-state index >= 15 is 0 Å². The number of Topliss-reactive ketones (excluding diaryl/α,β-unsaturated/α-hetero) is 1. The van der Waals surface area contributed by atoms with Crippen molar-refractivity contribution in [3.8, 4) is 5.75 Å². The SMILES string of the molecule is COc1cc(NC(=O)c2cccc(N=C(N)N)c2)ccc1CC(NC(=O)OC(C)(C)C)C(C)=O. The zero-order chi connectivity index (χ0) is 25.5. The van der Waals surface area contributed by atoms with Gasteiger partial charge in [-0.1, -0.05) is 12.1 Å². The van der Waals surface area contributed by atoms with Crippen LogP contribution < -0.4 is 26.8 Å². The van der Waals surface area contributed by atoms with Gasteiger partial charge in [0, 0.05) is 23.7 Å². The number of ether oxygens (including phenoxy) is 2. The fourth-order valence-electron chi connectivity index (χ4n) is 3.03. The van der Waals surface area contributed by atoms with E-state index < -0.39 is 17.7 Å². The third-order valence-corrected chi connectivity index (χ3v) is 4.52. The van der Waals surface area contributed by atoms with Crippen molar-refractivity contribution in [1.82, 2.24) is 5.32 Å². The van der Waals surface area contributed by atoms with E-state index in [2.05, 4.69) is 15.6 Å². The van der Waals surface area contributed by atoms with Crippen LogP contribution in [0.2, 0.25) is 0 Å². The molecule has 0 bridgehead atoms. The van der Waals surface area contributed by atoms with Crippen LogP contribution in [0.5, 0.6) is 5.75 Å². The van der Waals surface area contributed by atoms with E-state index in [0.29, 0.717) is 28.3 Å². The molecule has 0 aliphatic heterocycles. The number of carbonyl (C=O) groups is 3. The number of rotatable bonds is 8. The number of nitrogens with two attached hydrogens (primary N) is 2. The van der Waals surface area contributed by atoms with Gasteiger partial charge < -0.3 is 31.6 Å². The topological polar surface area (TPSA) is 158 Å². The van der Waals surface area contributed by atoms with Gasteiger partial charge in [-0.3, -0.25) is 9.59 Å². The lowest BCUT2D eigenvalue weighted by atomic mass is 10.0. The second-order valence-electron chi connectivity index (χ2n) is 8.58. The Labute approximate surface area is 198 Å². The lowest BCUT2D eigenvalue weighted by Crippen LogP contribution is -2.44. The molecule has 10 nitrogen and oxygen atoms in total. The number of methoxy groups -OCH3 is 1. The summed E-state index contributed by atoms with van der Waals surface area (Å²) in [6, 6.07) is 10.8. The number of aliphatic imine (C=N–C) groups is 1. The quantitative estimate of drug-likeness (QED) is 0.342. The summed E-state index contributed by atoms with van der Waals surface area (Å²) in [6.45, 7) is 6.60. The van der Waals surface area contributed by atoms with Crippen molar-refractivity contribution in [1.29, 1.82) is 0 Å². The fourth-order valence-corrected chi connectivity index (χ4v) is 3.03. The number of hydrogen-bond donors (Lipinski definition) is 4. The van der Waals surface area contributed by atoms with Crippen LogP contribution in [0.3, 0.4) is 0 Å². The summed E-state index contributed by atoms with van der Waals surface area (Å²) in [5.74, 6) is -0.256. The molecule has 2 rings (SSSR count). The second-order valence-corrected chi connectivity index (χ2v) is 8.58. The Balaban J connectivity index is 2.17. The number of guanidine groups is 1. The summed E-state index contributed by atoms with van der Waals surface area (Å²) in [5, 5.41) is 5.38. The Morgan fingerprint density at radius 2 is 1.79 bits per heavy atom. The first kappa shape index (κ1) is 26.2. The number of amides is 2. The van der Waals surface area contributed by atoms with Gasteiger partial charge in [-0.05, 0) is 57.5 Å². The maximum Gasteiger partial charge on any atom is 0.408 e. The predicted molar refractivity (Wildman–Crippen MR) is 130 cm³/mol. The zero-order valence-electron chi connectivity index (χ0n) is 20.0. The van der Waals surface area contributed by atoms with E-state index in [9.17, 15) is 14.4 Å². The van der Waals surface area contributed by atoms with E-state index in [4.69, 9.17) is 20.9 Å². The van der Waals surface area contributed by atoms with Crippen molar-refractivity contribution in [2.24, 2.45) is 16.5 Å². The van der Waals surface area contributed by atoms with E-state index in [0.717, 1.165) is 0 Å². The molecule has 0 aliphatic rings. The molecule has 0 saturated carbocycles. The number of nitrogens with one attached hydrogen (secondary N) is 2. The van der Waals surface area contributed by atoms with E-state index in [-0.39, 0.29) is 24.1 Å². The summed E-state index contributed by atoms with van der Waals surface area (Å²) in [4.78, 5) is 40.9. The summed E-state index contributed by atoms with van der Waals surface area (Å²) < 4.78 is 10.7. The van der Waals surface area contributed by atoms with Crippen LogP contribution in [-0.2, 0) is 16.0 Å². The Morgan fingerprint density at radius 1 is 1.09 bits per heavy atom. The molecule has 1 atom stereocenters. The molecule has 0 heterocycles. The smallest absolute Gasteiger partial charge is 0.408 e. The summed E-state index contributed by atoms with van der Waals surface area (Å²) in [6.07, 6.45) is -0.495. The summed E-state index contributed by atoms with van der Waals surface area (Å²) in [7, 11) is 1.48. The van der Waals surface area contributed by atoms with Crippen molar-refractivity contribution in [3.63, 3.8) is 0 Å². The Bertz CT molecular complexity index is 1090. The van der Waals surface area contributed by atoms with Crippen molar-refractivity contribution < 1.29 is 23.9 Å². The number of anilines is 1. The lowest BCUT2D eigenvalue weighted by Gasteiger charge is -2.23. The number of nitrogens with zero attached hydrogens (tertiary/aromatic N) is 1. The van der Waals surface area contributed by atoms with Crippen molar-refractivity contribution in [2.45, 2.75) is 45.8 Å². The molecule has 0 aliphatic carbocycles. The van der Waals surface area contributed by atoms with Gasteiger partial charge in [0.15, 0.2) is 11.7 Å². The van der Waals surface area contributed by atoms with Gasteiger partial charge in [0.25, 0.3) is 5.91 Å². The predicted octanol–water partition coefficient (Wildman–Crippen LogP) is 2.88. The third kappa shape index (κ3) is 8.12. The van der Waals surface area contributed by atoms with Crippen LogP contribution in [0.15, 0.2) is 47.5 Å².